The molecular formula is C17H26N2O3S. The van der Waals surface area contributed by atoms with Crippen LogP contribution >= 0.6 is 0 Å². The number of hydrogen-bond acceptors (Lipinski definition) is 3. The predicted molar refractivity (Wildman–Crippen MR) is 90.6 cm³/mol. The Morgan fingerprint density at radius 3 is 2.65 bits per heavy atom. The molecule has 1 amide bonds. The first-order valence-corrected chi connectivity index (χ1v) is 9.75. The second-order valence-electron chi connectivity index (χ2n) is 6.26. The molecule has 1 fully saturated rings. The second-order valence-corrected chi connectivity index (χ2v) is 8.03. The molecule has 0 bridgehead atoms. The molecule has 0 aliphatic carbocycles. The summed E-state index contributed by atoms with van der Waals surface area (Å²) in [7, 11) is -3.48. The zero-order valence-electron chi connectivity index (χ0n) is 13.9. The summed E-state index contributed by atoms with van der Waals surface area (Å²) in [6.07, 6.45) is 3.31. The molecule has 2 rings (SSSR count). The number of nitrogens with one attached hydrogen (secondary N) is 1. The van der Waals surface area contributed by atoms with Crippen molar-refractivity contribution in [3.05, 3.63) is 29.8 Å². The average Bonchev–Trinajstić information content (AvgIpc) is 2.54. The van der Waals surface area contributed by atoms with Crippen LogP contribution in [-0.2, 0) is 14.8 Å². The smallest absolute Gasteiger partial charge is 0.240 e. The molecule has 0 spiro atoms. The summed E-state index contributed by atoms with van der Waals surface area (Å²) in [5, 5.41) is 0. The van der Waals surface area contributed by atoms with E-state index in [9.17, 15) is 13.2 Å². The van der Waals surface area contributed by atoms with Crippen molar-refractivity contribution in [2.24, 2.45) is 5.92 Å². The number of hydrogen-bond donors (Lipinski definition) is 1. The van der Waals surface area contributed by atoms with Crippen LogP contribution in [0.5, 0.6) is 0 Å². The fourth-order valence-electron chi connectivity index (χ4n) is 2.86. The summed E-state index contributed by atoms with van der Waals surface area (Å²) in [6, 6.07) is 6.83. The van der Waals surface area contributed by atoms with Crippen molar-refractivity contribution in [1.82, 2.24) is 9.62 Å². The summed E-state index contributed by atoms with van der Waals surface area (Å²) < 4.78 is 27.3. The van der Waals surface area contributed by atoms with Gasteiger partial charge in [0.25, 0.3) is 0 Å². The highest BCUT2D eigenvalue weighted by Crippen LogP contribution is 2.18. The van der Waals surface area contributed by atoms with Crippen LogP contribution in [0, 0.1) is 12.8 Å². The van der Waals surface area contributed by atoms with Gasteiger partial charge in [-0.2, -0.15) is 0 Å². The zero-order chi connectivity index (χ0) is 16.9. The Balaban J connectivity index is 1.92. The molecule has 1 aromatic carbocycles. The Morgan fingerprint density at radius 2 is 2.00 bits per heavy atom. The molecule has 1 N–H and O–H groups in total. The van der Waals surface area contributed by atoms with Gasteiger partial charge in [0.15, 0.2) is 0 Å². The minimum atomic E-state index is -3.48. The minimum Gasteiger partial charge on any atom is -0.342 e. The van der Waals surface area contributed by atoms with E-state index < -0.39 is 10.0 Å². The molecule has 0 unspecified atom stereocenters. The maximum Gasteiger partial charge on any atom is 0.240 e. The van der Waals surface area contributed by atoms with Crippen molar-refractivity contribution < 1.29 is 13.2 Å². The highest BCUT2D eigenvalue weighted by molar-refractivity contribution is 7.89. The van der Waals surface area contributed by atoms with E-state index >= 15 is 0 Å². The van der Waals surface area contributed by atoms with Gasteiger partial charge in [-0.3, -0.25) is 4.79 Å². The Kier molecular flexibility index (Phi) is 6.18. The van der Waals surface area contributed by atoms with E-state index in [0.29, 0.717) is 19.5 Å². The van der Waals surface area contributed by atoms with E-state index in [0.717, 1.165) is 31.4 Å². The molecule has 0 saturated carbocycles. The predicted octanol–water partition coefficient (Wildman–Crippen LogP) is 2.31. The van der Waals surface area contributed by atoms with Gasteiger partial charge in [0.1, 0.15) is 0 Å². The fourth-order valence-corrected chi connectivity index (χ4v) is 3.97. The molecule has 128 valence electrons. The first-order valence-electron chi connectivity index (χ1n) is 8.26. The minimum absolute atomic E-state index is 0.179. The second kappa shape index (κ2) is 7.93. The third-order valence-electron chi connectivity index (χ3n) is 4.23. The average molecular weight is 338 g/mol. The van der Waals surface area contributed by atoms with Crippen LogP contribution in [0.4, 0.5) is 0 Å². The normalized spacial score (nSPS) is 18.9. The van der Waals surface area contributed by atoms with Gasteiger partial charge in [0, 0.05) is 26.1 Å². The van der Waals surface area contributed by atoms with Crippen LogP contribution in [0.1, 0.15) is 38.2 Å². The number of sulfonamides is 1. The molecule has 1 heterocycles. The zero-order valence-corrected chi connectivity index (χ0v) is 14.7. The third-order valence-corrected chi connectivity index (χ3v) is 5.67. The van der Waals surface area contributed by atoms with E-state index in [-0.39, 0.29) is 16.7 Å². The van der Waals surface area contributed by atoms with E-state index in [4.69, 9.17) is 0 Å². The molecule has 5 nitrogen and oxygen atoms in total. The number of nitrogens with zero attached hydrogens (tertiary/aromatic N) is 1. The van der Waals surface area contributed by atoms with Gasteiger partial charge < -0.3 is 4.90 Å². The van der Waals surface area contributed by atoms with Gasteiger partial charge in [-0.05, 0) is 44.2 Å². The van der Waals surface area contributed by atoms with Gasteiger partial charge in [-0.15, -0.1) is 0 Å². The summed E-state index contributed by atoms with van der Waals surface area (Å²) in [5.41, 5.74) is 1.03. The van der Waals surface area contributed by atoms with Crippen LogP contribution in [-0.4, -0.2) is 38.9 Å². The summed E-state index contributed by atoms with van der Waals surface area (Å²) in [4.78, 5) is 14.1. The molecule has 6 heteroatoms. The summed E-state index contributed by atoms with van der Waals surface area (Å²) in [6.45, 7) is 5.74. The van der Waals surface area contributed by atoms with Crippen molar-refractivity contribution in [3.63, 3.8) is 0 Å². The molecular weight excluding hydrogens is 312 g/mol. The molecule has 0 radical (unpaired) electrons. The number of carbonyl (C=O) groups is 1. The van der Waals surface area contributed by atoms with Gasteiger partial charge in [0.2, 0.25) is 15.9 Å². The molecule has 0 aromatic heterocycles. The van der Waals surface area contributed by atoms with Crippen molar-refractivity contribution in [2.75, 3.05) is 19.6 Å². The van der Waals surface area contributed by atoms with Crippen LogP contribution in [0.2, 0.25) is 0 Å². The Bertz CT molecular complexity index is 626. The number of amides is 1. The number of aryl methyl sites for hydroxylation is 1. The van der Waals surface area contributed by atoms with Crippen LogP contribution < -0.4 is 4.72 Å². The highest BCUT2D eigenvalue weighted by atomic mass is 32.2. The lowest BCUT2D eigenvalue weighted by Crippen LogP contribution is -2.43. The standard InChI is InChI=1S/C17H26N2O3S/c1-3-5-17(20)19-11-4-6-15(13-19)12-18-23(21,22)16-9-7-14(2)8-10-16/h7-10,15,18H,3-6,11-13H2,1-2H3/t15-/m0/s1. The topological polar surface area (TPSA) is 66.5 Å². The molecule has 1 aliphatic heterocycles. The van der Waals surface area contributed by atoms with E-state index in [1.165, 1.54) is 0 Å². The van der Waals surface area contributed by atoms with E-state index in [2.05, 4.69) is 4.72 Å². The lowest BCUT2D eigenvalue weighted by Gasteiger charge is -2.33. The number of piperidine rings is 1. The van der Waals surface area contributed by atoms with Gasteiger partial charge >= 0.3 is 0 Å². The lowest BCUT2D eigenvalue weighted by atomic mass is 9.98. The maximum atomic E-state index is 12.3. The number of likely N-dealkylation sites (tertiary alicyclic amines) is 1. The van der Waals surface area contributed by atoms with Crippen molar-refractivity contribution in [1.29, 1.82) is 0 Å². The number of carbonyl (C=O) groups excluding carboxylic acids is 1. The largest absolute Gasteiger partial charge is 0.342 e. The van der Waals surface area contributed by atoms with Gasteiger partial charge in [-0.25, -0.2) is 13.1 Å². The molecule has 1 saturated heterocycles. The van der Waals surface area contributed by atoms with E-state index in [1.807, 2.05) is 18.7 Å². The first kappa shape index (κ1) is 17.9. The SMILES string of the molecule is CCCC(=O)N1CCC[C@@H](CNS(=O)(=O)c2ccc(C)cc2)C1. The van der Waals surface area contributed by atoms with Crippen molar-refractivity contribution in [3.8, 4) is 0 Å². The van der Waals surface area contributed by atoms with Crippen LogP contribution in [0.25, 0.3) is 0 Å². The quantitative estimate of drug-likeness (QED) is 0.865. The Hall–Kier alpha value is -1.40. The van der Waals surface area contributed by atoms with Crippen LogP contribution in [0.3, 0.4) is 0 Å². The molecule has 1 aliphatic rings. The Morgan fingerprint density at radius 1 is 1.30 bits per heavy atom. The summed E-state index contributed by atoms with van der Waals surface area (Å²) in [5.74, 6) is 0.364. The lowest BCUT2D eigenvalue weighted by molar-refractivity contribution is -0.132. The van der Waals surface area contributed by atoms with Crippen molar-refractivity contribution in [2.45, 2.75) is 44.4 Å². The maximum absolute atomic E-state index is 12.3. The van der Waals surface area contributed by atoms with Gasteiger partial charge in [0.05, 0.1) is 4.90 Å². The Labute approximate surface area is 139 Å². The van der Waals surface area contributed by atoms with Crippen LogP contribution in [0.15, 0.2) is 29.2 Å². The monoisotopic (exact) mass is 338 g/mol. The fraction of sp³-hybridized carbons (Fsp3) is 0.588. The molecule has 1 atom stereocenters. The third kappa shape index (κ3) is 5.04. The first-order chi connectivity index (χ1) is 10.9. The number of benzene rings is 1. The number of rotatable bonds is 6. The summed E-state index contributed by atoms with van der Waals surface area (Å²) >= 11 is 0. The van der Waals surface area contributed by atoms with Gasteiger partial charge in [-0.1, -0.05) is 24.6 Å². The molecule has 1 aromatic rings. The highest BCUT2D eigenvalue weighted by Gasteiger charge is 2.24. The molecule has 23 heavy (non-hydrogen) atoms. The van der Waals surface area contributed by atoms with Crippen molar-refractivity contribution >= 4 is 15.9 Å². The van der Waals surface area contributed by atoms with E-state index in [1.54, 1.807) is 24.3 Å².